The second kappa shape index (κ2) is 9.33. The first-order chi connectivity index (χ1) is 16.2. The third-order valence-electron chi connectivity index (χ3n) is 6.07. The first kappa shape index (κ1) is 21.6. The third-order valence-corrected chi connectivity index (χ3v) is 6.99. The van der Waals surface area contributed by atoms with Crippen LogP contribution in [-0.2, 0) is 11.2 Å². The average Bonchev–Trinajstić information content (AvgIpc) is 3.53. The van der Waals surface area contributed by atoms with Gasteiger partial charge in [0.25, 0.3) is 0 Å². The third kappa shape index (κ3) is 4.36. The van der Waals surface area contributed by atoms with Crippen LogP contribution in [0, 0.1) is 0 Å². The van der Waals surface area contributed by atoms with Gasteiger partial charge >= 0.3 is 0 Å². The quantitative estimate of drug-likeness (QED) is 0.554. The van der Waals surface area contributed by atoms with E-state index in [1.165, 1.54) is 16.0 Å². The van der Waals surface area contributed by atoms with Crippen LogP contribution in [-0.4, -0.2) is 44.9 Å². The Kier molecular flexibility index (Phi) is 6.11. The SMILES string of the molecule is COc1cc2c(cc1OC)C(c1cccs1)N(CCC(=O)Nc1ccc3c(c1)OCO3)CC2. The summed E-state index contributed by atoms with van der Waals surface area (Å²) in [6, 6.07) is 13.9. The Balaban J connectivity index is 1.33. The van der Waals surface area contributed by atoms with E-state index in [1.54, 1.807) is 31.6 Å². The number of benzene rings is 2. The molecule has 0 radical (unpaired) electrons. The van der Waals surface area contributed by atoms with Crippen molar-refractivity contribution in [1.29, 1.82) is 0 Å². The van der Waals surface area contributed by atoms with Gasteiger partial charge in [-0.15, -0.1) is 11.3 Å². The van der Waals surface area contributed by atoms with Gasteiger partial charge in [-0.05, 0) is 53.3 Å². The van der Waals surface area contributed by atoms with E-state index in [0.29, 0.717) is 30.2 Å². The van der Waals surface area contributed by atoms with Gasteiger partial charge in [0.1, 0.15) is 0 Å². The van der Waals surface area contributed by atoms with Crippen molar-refractivity contribution >= 4 is 22.9 Å². The predicted molar refractivity (Wildman–Crippen MR) is 127 cm³/mol. The fourth-order valence-corrected chi connectivity index (χ4v) is 5.34. The zero-order valence-electron chi connectivity index (χ0n) is 18.6. The minimum atomic E-state index is -0.0306. The Labute approximate surface area is 196 Å². The van der Waals surface area contributed by atoms with Gasteiger partial charge in [0.2, 0.25) is 12.7 Å². The van der Waals surface area contributed by atoms with Crippen LogP contribution in [0.15, 0.2) is 47.8 Å². The highest BCUT2D eigenvalue weighted by molar-refractivity contribution is 7.10. The molecular formula is C25H26N2O5S. The maximum atomic E-state index is 12.7. The summed E-state index contributed by atoms with van der Waals surface area (Å²) in [6.45, 7) is 1.72. The van der Waals surface area contributed by atoms with Gasteiger partial charge in [0.05, 0.1) is 20.3 Å². The van der Waals surface area contributed by atoms with Crippen molar-refractivity contribution in [2.75, 3.05) is 39.4 Å². The number of amides is 1. The Morgan fingerprint density at radius 1 is 1.12 bits per heavy atom. The fraction of sp³-hybridized carbons (Fsp3) is 0.320. The van der Waals surface area contributed by atoms with Crippen LogP contribution in [0.25, 0.3) is 0 Å². The van der Waals surface area contributed by atoms with Crippen LogP contribution in [0.3, 0.4) is 0 Å². The average molecular weight is 467 g/mol. The summed E-state index contributed by atoms with van der Waals surface area (Å²) in [6.07, 6.45) is 1.28. The molecule has 0 saturated heterocycles. The largest absolute Gasteiger partial charge is 0.493 e. The van der Waals surface area contributed by atoms with Gasteiger partial charge in [-0.1, -0.05) is 6.07 Å². The number of carbonyl (C=O) groups excluding carboxylic acids is 1. The lowest BCUT2D eigenvalue weighted by atomic mass is 9.90. The normalized spacial score (nSPS) is 16.8. The summed E-state index contributed by atoms with van der Waals surface area (Å²) in [4.78, 5) is 16.4. The molecule has 7 nitrogen and oxygen atoms in total. The van der Waals surface area contributed by atoms with Crippen LogP contribution in [0.4, 0.5) is 5.69 Å². The summed E-state index contributed by atoms with van der Waals surface area (Å²) in [7, 11) is 3.32. The molecule has 0 fully saturated rings. The Bertz CT molecular complexity index is 1150. The van der Waals surface area contributed by atoms with Crippen molar-refractivity contribution in [3.05, 3.63) is 63.8 Å². The van der Waals surface area contributed by atoms with E-state index in [1.807, 2.05) is 12.1 Å². The van der Waals surface area contributed by atoms with Crippen molar-refractivity contribution in [1.82, 2.24) is 4.90 Å². The van der Waals surface area contributed by atoms with Crippen LogP contribution < -0.4 is 24.3 Å². The lowest BCUT2D eigenvalue weighted by Gasteiger charge is -2.37. The molecule has 1 aromatic heterocycles. The number of thiophene rings is 1. The summed E-state index contributed by atoms with van der Waals surface area (Å²) in [5.74, 6) is 2.79. The summed E-state index contributed by atoms with van der Waals surface area (Å²) in [5.41, 5.74) is 3.17. The first-order valence-corrected chi connectivity index (χ1v) is 11.8. The monoisotopic (exact) mass is 466 g/mol. The minimum absolute atomic E-state index is 0.0306. The second-order valence-corrected chi connectivity index (χ2v) is 8.96. The van der Waals surface area contributed by atoms with E-state index >= 15 is 0 Å². The van der Waals surface area contributed by atoms with E-state index in [9.17, 15) is 4.79 Å². The molecule has 3 aromatic rings. The minimum Gasteiger partial charge on any atom is -0.493 e. The van der Waals surface area contributed by atoms with Gasteiger partial charge in [-0.25, -0.2) is 0 Å². The van der Waals surface area contributed by atoms with Gasteiger partial charge in [-0.3, -0.25) is 9.69 Å². The van der Waals surface area contributed by atoms with Crippen molar-refractivity contribution in [3.63, 3.8) is 0 Å². The van der Waals surface area contributed by atoms with Crippen molar-refractivity contribution in [3.8, 4) is 23.0 Å². The fourth-order valence-electron chi connectivity index (χ4n) is 4.46. The summed E-state index contributed by atoms with van der Waals surface area (Å²) >= 11 is 1.73. The number of methoxy groups -OCH3 is 2. The van der Waals surface area contributed by atoms with Crippen molar-refractivity contribution in [2.45, 2.75) is 18.9 Å². The highest BCUT2D eigenvalue weighted by Gasteiger charge is 2.31. The molecule has 2 aromatic carbocycles. The zero-order chi connectivity index (χ0) is 22.8. The maximum absolute atomic E-state index is 12.7. The standard InChI is InChI=1S/C25H26N2O5S/c1-29-20-12-16-7-9-27(25(23-4-3-11-33-23)18(16)14-21(20)30-2)10-8-24(28)26-17-5-6-19-22(13-17)32-15-31-19/h3-6,11-14,25H,7-10,15H2,1-2H3,(H,26,28). The summed E-state index contributed by atoms with van der Waals surface area (Å²) in [5, 5.41) is 5.07. The van der Waals surface area contributed by atoms with Gasteiger partial charge in [0.15, 0.2) is 23.0 Å². The topological polar surface area (TPSA) is 69.3 Å². The van der Waals surface area contributed by atoms with E-state index in [0.717, 1.165) is 24.5 Å². The molecule has 172 valence electrons. The summed E-state index contributed by atoms with van der Waals surface area (Å²) < 4.78 is 21.8. The number of hydrogen-bond donors (Lipinski definition) is 1. The number of anilines is 1. The number of rotatable bonds is 7. The molecule has 0 spiro atoms. The smallest absolute Gasteiger partial charge is 0.231 e. The molecule has 2 aliphatic heterocycles. The molecule has 3 heterocycles. The van der Waals surface area contributed by atoms with Crippen LogP contribution >= 0.6 is 11.3 Å². The number of nitrogens with zero attached hydrogens (tertiary/aromatic N) is 1. The molecule has 1 unspecified atom stereocenters. The Hall–Kier alpha value is -3.23. The van der Waals surface area contributed by atoms with Crippen molar-refractivity contribution < 1.29 is 23.7 Å². The van der Waals surface area contributed by atoms with Gasteiger partial charge < -0.3 is 24.3 Å². The predicted octanol–water partition coefficient (Wildman–Crippen LogP) is 4.47. The van der Waals surface area contributed by atoms with Gasteiger partial charge in [-0.2, -0.15) is 0 Å². The Morgan fingerprint density at radius 2 is 1.94 bits per heavy atom. The Morgan fingerprint density at radius 3 is 2.73 bits per heavy atom. The molecule has 0 bridgehead atoms. The lowest BCUT2D eigenvalue weighted by Crippen LogP contribution is -2.37. The number of nitrogens with one attached hydrogen (secondary N) is 1. The number of fused-ring (bicyclic) bond motifs is 2. The number of ether oxygens (including phenoxy) is 4. The van der Waals surface area contributed by atoms with Crippen LogP contribution in [0.1, 0.15) is 28.5 Å². The molecule has 2 aliphatic rings. The van der Waals surface area contributed by atoms with E-state index in [4.69, 9.17) is 18.9 Å². The number of hydrogen-bond acceptors (Lipinski definition) is 7. The zero-order valence-corrected chi connectivity index (χ0v) is 19.4. The highest BCUT2D eigenvalue weighted by atomic mass is 32.1. The molecule has 5 rings (SSSR count). The molecule has 8 heteroatoms. The molecule has 0 saturated carbocycles. The number of carbonyl (C=O) groups is 1. The van der Waals surface area contributed by atoms with Gasteiger partial charge in [0, 0.05) is 36.1 Å². The van der Waals surface area contributed by atoms with E-state index < -0.39 is 0 Å². The molecule has 1 amide bonds. The maximum Gasteiger partial charge on any atom is 0.231 e. The highest BCUT2D eigenvalue weighted by Crippen LogP contribution is 2.42. The molecule has 1 N–H and O–H groups in total. The molecule has 0 aliphatic carbocycles. The van der Waals surface area contributed by atoms with E-state index in [-0.39, 0.29) is 18.7 Å². The van der Waals surface area contributed by atoms with Crippen LogP contribution in [0.2, 0.25) is 0 Å². The molecule has 1 atom stereocenters. The van der Waals surface area contributed by atoms with E-state index in [2.05, 4.69) is 39.9 Å². The first-order valence-electron chi connectivity index (χ1n) is 10.9. The second-order valence-electron chi connectivity index (χ2n) is 7.98. The van der Waals surface area contributed by atoms with Crippen molar-refractivity contribution in [2.24, 2.45) is 0 Å². The lowest BCUT2D eigenvalue weighted by molar-refractivity contribution is -0.116. The van der Waals surface area contributed by atoms with Crippen LogP contribution in [0.5, 0.6) is 23.0 Å². The molecule has 33 heavy (non-hydrogen) atoms. The molecular weight excluding hydrogens is 440 g/mol.